The van der Waals surface area contributed by atoms with Crippen LogP contribution in [0.3, 0.4) is 0 Å². The fraction of sp³-hybridized carbons (Fsp3) is 0.0263. The number of aromatic nitrogens is 1. The lowest BCUT2D eigenvalue weighted by molar-refractivity contribution is -0.116. The highest BCUT2D eigenvalue weighted by molar-refractivity contribution is 9.10. The van der Waals surface area contributed by atoms with E-state index >= 15 is 0 Å². The van der Waals surface area contributed by atoms with Gasteiger partial charge in [0, 0.05) is 38.0 Å². The van der Waals surface area contributed by atoms with Crippen molar-refractivity contribution in [1.29, 1.82) is 0 Å². The normalized spacial score (nSPS) is 11.9. The fourth-order valence-corrected chi connectivity index (χ4v) is 6.42. The Balaban J connectivity index is 1.23. The van der Waals surface area contributed by atoms with Gasteiger partial charge in [0.1, 0.15) is 10.9 Å². The van der Waals surface area contributed by atoms with E-state index in [1.54, 1.807) is 36.4 Å². The van der Waals surface area contributed by atoms with Crippen LogP contribution in [0.5, 0.6) is 0 Å². The zero-order valence-corrected chi connectivity index (χ0v) is 27.3. The van der Waals surface area contributed by atoms with Gasteiger partial charge in [0.2, 0.25) is 5.91 Å². The number of nitrogens with one attached hydrogen (secondary N) is 4. The second-order valence-corrected chi connectivity index (χ2v) is 12.7. The summed E-state index contributed by atoms with van der Waals surface area (Å²) in [6.07, 6.45) is 3.49. The van der Waals surface area contributed by atoms with Crippen molar-refractivity contribution >= 4 is 73.8 Å². The van der Waals surface area contributed by atoms with Crippen LogP contribution in [0.4, 0.5) is 11.4 Å². The molecule has 0 saturated heterocycles. The van der Waals surface area contributed by atoms with Crippen LogP contribution in [0.15, 0.2) is 155 Å². The van der Waals surface area contributed by atoms with E-state index in [-0.39, 0.29) is 11.6 Å². The summed E-state index contributed by atoms with van der Waals surface area (Å²) in [5.41, 5.74) is 4.21. The number of fused-ring (bicyclic) bond motifs is 1. The fourth-order valence-electron chi connectivity index (χ4n) is 4.92. The molecule has 6 rings (SSSR count). The van der Waals surface area contributed by atoms with Gasteiger partial charge >= 0.3 is 0 Å². The Morgan fingerprint density at radius 2 is 1.47 bits per heavy atom. The Morgan fingerprint density at radius 1 is 0.723 bits per heavy atom. The molecule has 5 aromatic carbocycles. The molecule has 0 aliphatic rings. The number of aromatic amines is 1. The van der Waals surface area contributed by atoms with Gasteiger partial charge in [-0.1, -0.05) is 88.7 Å². The summed E-state index contributed by atoms with van der Waals surface area (Å²) < 4.78 is 0.840. The number of H-pyrrole nitrogens is 1. The SMILES string of the molecule is O=C(Nc1cccc(SC(C(=O)Nc2ccc3cc[nH]c3c2)c2ccccc2)c1)/C(=C\c1cccc(Br)c1)NC(=O)c1ccccc1. The van der Waals surface area contributed by atoms with Crippen LogP contribution in [-0.2, 0) is 9.59 Å². The summed E-state index contributed by atoms with van der Waals surface area (Å²) >= 11 is 4.84. The number of rotatable bonds is 10. The summed E-state index contributed by atoms with van der Waals surface area (Å²) in [5, 5.41) is 9.24. The Kier molecular flexibility index (Phi) is 9.95. The highest BCUT2D eigenvalue weighted by Crippen LogP contribution is 2.37. The van der Waals surface area contributed by atoms with E-state index in [2.05, 4.69) is 36.9 Å². The Labute approximate surface area is 284 Å². The third-order valence-electron chi connectivity index (χ3n) is 7.20. The van der Waals surface area contributed by atoms with Crippen molar-refractivity contribution in [2.24, 2.45) is 0 Å². The first-order valence-electron chi connectivity index (χ1n) is 14.8. The molecule has 0 radical (unpaired) electrons. The number of thioether (sulfide) groups is 1. The zero-order chi connectivity index (χ0) is 32.6. The molecule has 232 valence electrons. The number of anilines is 2. The maximum atomic E-state index is 13.7. The maximum Gasteiger partial charge on any atom is 0.272 e. The van der Waals surface area contributed by atoms with Gasteiger partial charge in [-0.2, -0.15) is 0 Å². The summed E-state index contributed by atoms with van der Waals surface area (Å²) in [7, 11) is 0. The van der Waals surface area contributed by atoms with Gasteiger partial charge in [-0.3, -0.25) is 14.4 Å². The molecule has 0 aliphatic carbocycles. The Hall–Kier alpha value is -5.38. The molecule has 47 heavy (non-hydrogen) atoms. The molecule has 3 amide bonds. The van der Waals surface area contributed by atoms with Crippen molar-refractivity contribution in [1.82, 2.24) is 10.3 Å². The van der Waals surface area contributed by atoms with Crippen LogP contribution >= 0.6 is 27.7 Å². The van der Waals surface area contributed by atoms with Crippen LogP contribution in [0, 0.1) is 0 Å². The van der Waals surface area contributed by atoms with Crippen molar-refractivity contribution in [3.8, 4) is 0 Å². The molecule has 1 unspecified atom stereocenters. The largest absolute Gasteiger partial charge is 0.361 e. The average Bonchev–Trinajstić information content (AvgIpc) is 3.56. The van der Waals surface area contributed by atoms with Gasteiger partial charge in [-0.25, -0.2) is 0 Å². The minimum absolute atomic E-state index is 0.0792. The summed E-state index contributed by atoms with van der Waals surface area (Å²) in [4.78, 5) is 44.3. The topological polar surface area (TPSA) is 103 Å². The second-order valence-electron chi connectivity index (χ2n) is 10.6. The van der Waals surface area contributed by atoms with E-state index < -0.39 is 17.1 Å². The predicted molar refractivity (Wildman–Crippen MR) is 193 cm³/mol. The zero-order valence-electron chi connectivity index (χ0n) is 24.9. The number of amides is 3. The molecule has 9 heteroatoms. The van der Waals surface area contributed by atoms with E-state index in [9.17, 15) is 14.4 Å². The van der Waals surface area contributed by atoms with Gasteiger partial charge in [0.25, 0.3) is 11.8 Å². The quantitative estimate of drug-likeness (QED) is 0.0847. The average molecular weight is 702 g/mol. The van der Waals surface area contributed by atoms with E-state index in [1.165, 1.54) is 11.8 Å². The number of benzene rings is 5. The van der Waals surface area contributed by atoms with E-state index in [4.69, 9.17) is 0 Å². The van der Waals surface area contributed by atoms with E-state index in [1.807, 2.05) is 109 Å². The maximum absolute atomic E-state index is 13.7. The van der Waals surface area contributed by atoms with E-state index in [0.29, 0.717) is 16.9 Å². The molecule has 0 bridgehead atoms. The lowest BCUT2D eigenvalue weighted by atomic mass is 10.1. The van der Waals surface area contributed by atoms with Gasteiger partial charge < -0.3 is 20.9 Å². The molecule has 1 atom stereocenters. The molecule has 4 N–H and O–H groups in total. The van der Waals surface area contributed by atoms with Crippen LogP contribution in [0.1, 0.15) is 26.7 Å². The van der Waals surface area contributed by atoms with Crippen molar-refractivity contribution in [3.63, 3.8) is 0 Å². The smallest absolute Gasteiger partial charge is 0.272 e. The van der Waals surface area contributed by atoms with Crippen molar-refractivity contribution in [3.05, 3.63) is 167 Å². The minimum Gasteiger partial charge on any atom is -0.361 e. The lowest BCUT2D eigenvalue weighted by Crippen LogP contribution is -2.30. The third kappa shape index (κ3) is 8.26. The number of carbonyl (C=O) groups is 3. The first-order valence-corrected chi connectivity index (χ1v) is 16.4. The molecule has 0 saturated carbocycles. The second kappa shape index (κ2) is 14.8. The van der Waals surface area contributed by atoms with Crippen LogP contribution < -0.4 is 16.0 Å². The predicted octanol–water partition coefficient (Wildman–Crippen LogP) is 8.81. The van der Waals surface area contributed by atoms with Crippen molar-refractivity contribution < 1.29 is 14.4 Å². The van der Waals surface area contributed by atoms with Crippen LogP contribution in [0.25, 0.3) is 17.0 Å². The molecule has 7 nitrogen and oxygen atoms in total. The van der Waals surface area contributed by atoms with Gasteiger partial charge in [0.05, 0.1) is 0 Å². The number of carbonyl (C=O) groups excluding carboxylic acids is 3. The third-order valence-corrected chi connectivity index (χ3v) is 8.94. The molecule has 1 heterocycles. The Bertz CT molecular complexity index is 2080. The number of hydrogen-bond donors (Lipinski definition) is 4. The Morgan fingerprint density at radius 3 is 2.26 bits per heavy atom. The molecule has 0 aliphatic heterocycles. The van der Waals surface area contributed by atoms with Gasteiger partial charge in [-0.15, -0.1) is 11.8 Å². The van der Waals surface area contributed by atoms with Crippen LogP contribution in [-0.4, -0.2) is 22.7 Å². The standard InChI is InChI=1S/C38H29BrN4O3S/c39-29-14-7-9-25(21-29)22-34(43-36(44)28-12-5-2-6-13-28)37(45)41-30-15-8-16-32(23-30)47-35(27-10-3-1-4-11-27)38(46)42-31-18-17-26-19-20-40-33(26)24-31/h1-24,35,40H,(H,41,45)(H,42,46)(H,43,44)/b34-22+. The van der Waals surface area contributed by atoms with Gasteiger partial charge in [0.15, 0.2) is 0 Å². The molecule has 0 spiro atoms. The highest BCUT2D eigenvalue weighted by Gasteiger charge is 2.23. The number of halogens is 1. The van der Waals surface area contributed by atoms with Crippen LogP contribution in [0.2, 0.25) is 0 Å². The van der Waals surface area contributed by atoms with Gasteiger partial charge in [-0.05, 0) is 83.3 Å². The summed E-state index contributed by atoms with van der Waals surface area (Å²) in [5.74, 6) is -1.07. The summed E-state index contributed by atoms with van der Waals surface area (Å²) in [6.45, 7) is 0. The van der Waals surface area contributed by atoms with Crippen molar-refractivity contribution in [2.45, 2.75) is 10.1 Å². The number of hydrogen-bond acceptors (Lipinski definition) is 4. The molecule has 0 fully saturated rings. The molecular formula is C38H29BrN4O3S. The van der Waals surface area contributed by atoms with Crippen molar-refractivity contribution in [2.75, 3.05) is 10.6 Å². The first kappa shape index (κ1) is 31.6. The molecule has 6 aromatic rings. The minimum atomic E-state index is -0.571. The first-order chi connectivity index (χ1) is 22.9. The highest BCUT2D eigenvalue weighted by atomic mass is 79.9. The monoisotopic (exact) mass is 700 g/mol. The summed E-state index contributed by atoms with van der Waals surface area (Å²) in [6, 6.07) is 40.7. The molecule has 1 aromatic heterocycles. The molecular weight excluding hydrogens is 672 g/mol. The lowest BCUT2D eigenvalue weighted by Gasteiger charge is -2.18. The van der Waals surface area contributed by atoms with E-state index in [0.717, 1.165) is 31.4 Å².